The summed E-state index contributed by atoms with van der Waals surface area (Å²) in [6.07, 6.45) is 0. The lowest BCUT2D eigenvalue weighted by atomic mass is 10.1. The van der Waals surface area contributed by atoms with Gasteiger partial charge in [-0.2, -0.15) is 0 Å². The van der Waals surface area contributed by atoms with Crippen molar-refractivity contribution >= 4 is 32.6 Å². The second-order valence-corrected chi connectivity index (χ2v) is 8.58. The van der Waals surface area contributed by atoms with Crippen LogP contribution in [-0.4, -0.2) is 48.6 Å². The Kier molecular flexibility index (Phi) is 7.45. The number of benzene rings is 2. The number of likely N-dealkylation sites (N-methyl/N-ethyl adjacent to an activating group) is 1. The van der Waals surface area contributed by atoms with Gasteiger partial charge in [0.15, 0.2) is 11.7 Å². The molecule has 0 aliphatic rings. The van der Waals surface area contributed by atoms with E-state index in [2.05, 4.69) is 44.7 Å². The molecule has 160 valence electrons. The summed E-state index contributed by atoms with van der Waals surface area (Å²) in [5, 5.41) is 0.739. The van der Waals surface area contributed by atoms with E-state index >= 15 is 0 Å². The SMILES string of the molecule is CCN(CC)CCN(C(=O)COc1ccc(C)cc1)c1nc2cc(C)cc(C)c2s1. The van der Waals surface area contributed by atoms with Gasteiger partial charge in [0.05, 0.1) is 10.2 Å². The fourth-order valence-electron chi connectivity index (χ4n) is 3.45. The first-order chi connectivity index (χ1) is 14.4. The van der Waals surface area contributed by atoms with Gasteiger partial charge in [0.1, 0.15) is 5.75 Å². The van der Waals surface area contributed by atoms with Gasteiger partial charge < -0.3 is 9.64 Å². The second kappa shape index (κ2) is 10.0. The molecule has 6 heteroatoms. The summed E-state index contributed by atoms with van der Waals surface area (Å²) >= 11 is 1.58. The molecular weight excluding hydrogens is 394 g/mol. The average Bonchev–Trinajstić information content (AvgIpc) is 3.14. The van der Waals surface area contributed by atoms with Gasteiger partial charge in [0.2, 0.25) is 0 Å². The highest BCUT2D eigenvalue weighted by Crippen LogP contribution is 2.32. The van der Waals surface area contributed by atoms with Gasteiger partial charge in [-0.15, -0.1) is 0 Å². The molecule has 5 nitrogen and oxygen atoms in total. The van der Waals surface area contributed by atoms with Crippen LogP contribution in [0.1, 0.15) is 30.5 Å². The maximum absolute atomic E-state index is 13.2. The Morgan fingerprint density at radius 3 is 2.37 bits per heavy atom. The third-order valence-electron chi connectivity index (χ3n) is 5.26. The van der Waals surface area contributed by atoms with Crippen molar-refractivity contribution in [2.75, 3.05) is 37.7 Å². The first kappa shape index (κ1) is 22.2. The molecule has 3 rings (SSSR count). The Morgan fingerprint density at radius 2 is 1.70 bits per heavy atom. The quantitative estimate of drug-likeness (QED) is 0.485. The molecule has 0 N–H and O–H groups in total. The molecule has 0 aliphatic carbocycles. The standard InChI is InChI=1S/C24H31N3O2S/c1-6-26(7-2)12-13-27(22(28)16-29-20-10-8-17(3)9-11-20)24-25-21-15-18(4)14-19(5)23(21)30-24/h8-11,14-15H,6-7,12-13,16H2,1-5H3. The van der Waals surface area contributed by atoms with Crippen LogP contribution >= 0.6 is 11.3 Å². The van der Waals surface area contributed by atoms with Crippen LogP contribution in [-0.2, 0) is 4.79 Å². The molecule has 0 spiro atoms. The summed E-state index contributed by atoms with van der Waals surface area (Å²) in [5.41, 5.74) is 4.49. The van der Waals surface area contributed by atoms with E-state index in [-0.39, 0.29) is 12.5 Å². The summed E-state index contributed by atoms with van der Waals surface area (Å²) in [5.74, 6) is 0.629. The van der Waals surface area contributed by atoms with Crippen LogP contribution in [0.3, 0.4) is 0 Å². The monoisotopic (exact) mass is 425 g/mol. The smallest absolute Gasteiger partial charge is 0.266 e. The van der Waals surface area contributed by atoms with Crippen LogP contribution in [0.15, 0.2) is 36.4 Å². The van der Waals surface area contributed by atoms with E-state index in [1.165, 1.54) is 11.1 Å². The van der Waals surface area contributed by atoms with Gasteiger partial charge in [0, 0.05) is 13.1 Å². The number of carbonyl (C=O) groups is 1. The van der Waals surface area contributed by atoms with Gasteiger partial charge in [-0.25, -0.2) is 4.98 Å². The first-order valence-corrected chi connectivity index (χ1v) is 11.3. The van der Waals surface area contributed by atoms with E-state index in [0.29, 0.717) is 12.3 Å². The minimum Gasteiger partial charge on any atom is -0.484 e. The van der Waals surface area contributed by atoms with Crippen molar-refractivity contribution in [3.05, 3.63) is 53.1 Å². The van der Waals surface area contributed by atoms with Gasteiger partial charge in [-0.3, -0.25) is 9.69 Å². The minimum atomic E-state index is -0.0730. The molecule has 3 aromatic rings. The van der Waals surface area contributed by atoms with E-state index in [0.717, 1.165) is 40.5 Å². The second-order valence-electron chi connectivity index (χ2n) is 7.60. The van der Waals surface area contributed by atoms with Crippen molar-refractivity contribution in [3.8, 4) is 5.75 Å². The molecule has 0 radical (unpaired) electrons. The molecule has 0 unspecified atom stereocenters. The van der Waals surface area contributed by atoms with E-state index in [1.807, 2.05) is 31.2 Å². The van der Waals surface area contributed by atoms with Crippen LogP contribution in [0.2, 0.25) is 0 Å². The van der Waals surface area contributed by atoms with Crippen molar-refractivity contribution in [1.29, 1.82) is 0 Å². The van der Waals surface area contributed by atoms with Gasteiger partial charge in [0.25, 0.3) is 5.91 Å². The molecule has 0 aliphatic heterocycles. The minimum absolute atomic E-state index is 0.00472. The number of aromatic nitrogens is 1. The Hall–Kier alpha value is -2.44. The van der Waals surface area contributed by atoms with Crippen LogP contribution in [0, 0.1) is 20.8 Å². The van der Waals surface area contributed by atoms with Crippen LogP contribution in [0.25, 0.3) is 10.2 Å². The average molecular weight is 426 g/mol. The van der Waals surface area contributed by atoms with E-state index in [9.17, 15) is 4.79 Å². The van der Waals surface area contributed by atoms with Gasteiger partial charge in [-0.1, -0.05) is 48.9 Å². The summed E-state index contributed by atoms with van der Waals surface area (Å²) < 4.78 is 6.91. The van der Waals surface area contributed by atoms with Crippen molar-refractivity contribution in [3.63, 3.8) is 0 Å². The molecule has 0 atom stereocenters. The number of rotatable bonds is 9. The Labute approximate surface area is 183 Å². The number of aryl methyl sites for hydroxylation is 3. The highest BCUT2D eigenvalue weighted by molar-refractivity contribution is 7.22. The zero-order valence-electron chi connectivity index (χ0n) is 18.6. The third-order valence-corrected chi connectivity index (χ3v) is 6.49. The fraction of sp³-hybridized carbons (Fsp3) is 0.417. The van der Waals surface area contributed by atoms with E-state index in [4.69, 9.17) is 9.72 Å². The summed E-state index contributed by atoms with van der Waals surface area (Å²) in [4.78, 5) is 22.0. The summed E-state index contributed by atoms with van der Waals surface area (Å²) in [6.45, 7) is 13.8. The lowest BCUT2D eigenvalue weighted by Gasteiger charge is -2.24. The number of hydrogen-bond donors (Lipinski definition) is 0. The Balaban J connectivity index is 1.82. The number of carbonyl (C=O) groups excluding carboxylic acids is 1. The fourth-order valence-corrected chi connectivity index (χ4v) is 4.51. The number of ether oxygens (including phenoxy) is 1. The summed E-state index contributed by atoms with van der Waals surface area (Å²) in [7, 11) is 0. The molecule has 30 heavy (non-hydrogen) atoms. The van der Waals surface area contributed by atoms with E-state index in [1.54, 1.807) is 16.2 Å². The number of fused-ring (bicyclic) bond motifs is 1. The number of anilines is 1. The highest BCUT2D eigenvalue weighted by Gasteiger charge is 2.21. The lowest BCUT2D eigenvalue weighted by molar-refractivity contribution is -0.120. The summed E-state index contributed by atoms with van der Waals surface area (Å²) in [6, 6.07) is 12.0. The van der Waals surface area contributed by atoms with E-state index < -0.39 is 0 Å². The first-order valence-electron chi connectivity index (χ1n) is 10.5. The molecule has 0 saturated heterocycles. The molecular formula is C24H31N3O2S. The van der Waals surface area contributed by atoms with Crippen molar-refractivity contribution < 1.29 is 9.53 Å². The normalized spacial score (nSPS) is 11.3. The van der Waals surface area contributed by atoms with Crippen LogP contribution < -0.4 is 9.64 Å². The predicted molar refractivity (Wildman–Crippen MR) is 126 cm³/mol. The van der Waals surface area contributed by atoms with Gasteiger partial charge in [-0.05, 0) is 63.2 Å². The molecule has 0 saturated carbocycles. The molecule has 1 aromatic heterocycles. The number of amides is 1. The van der Waals surface area contributed by atoms with Crippen LogP contribution in [0.4, 0.5) is 5.13 Å². The topological polar surface area (TPSA) is 45.7 Å². The Bertz CT molecular complexity index is 994. The lowest BCUT2D eigenvalue weighted by Crippen LogP contribution is -2.41. The van der Waals surface area contributed by atoms with Gasteiger partial charge >= 0.3 is 0 Å². The zero-order chi connectivity index (χ0) is 21.7. The van der Waals surface area contributed by atoms with Crippen molar-refractivity contribution in [2.24, 2.45) is 0 Å². The molecule has 0 bridgehead atoms. The van der Waals surface area contributed by atoms with Crippen LogP contribution in [0.5, 0.6) is 5.75 Å². The maximum Gasteiger partial charge on any atom is 0.266 e. The zero-order valence-corrected chi connectivity index (χ0v) is 19.4. The van der Waals surface area contributed by atoms with Crippen molar-refractivity contribution in [2.45, 2.75) is 34.6 Å². The third kappa shape index (κ3) is 5.37. The van der Waals surface area contributed by atoms with Crippen molar-refractivity contribution in [1.82, 2.24) is 9.88 Å². The highest BCUT2D eigenvalue weighted by atomic mass is 32.1. The number of thiazole rings is 1. The largest absolute Gasteiger partial charge is 0.484 e. The molecule has 0 fully saturated rings. The molecule has 1 amide bonds. The molecule has 2 aromatic carbocycles. The number of hydrogen-bond acceptors (Lipinski definition) is 5. The number of nitrogens with zero attached hydrogens (tertiary/aromatic N) is 3. The maximum atomic E-state index is 13.2. The predicted octanol–water partition coefficient (Wildman–Crippen LogP) is 4.98. The Morgan fingerprint density at radius 1 is 1.00 bits per heavy atom. The molecule has 1 heterocycles.